The van der Waals surface area contributed by atoms with Gasteiger partial charge >= 0.3 is 0 Å². The molecule has 0 aliphatic rings. The van der Waals surface area contributed by atoms with Gasteiger partial charge in [0.1, 0.15) is 5.82 Å². The van der Waals surface area contributed by atoms with Gasteiger partial charge < -0.3 is 16.0 Å². The third-order valence-electron chi connectivity index (χ3n) is 2.74. The first-order valence-corrected chi connectivity index (χ1v) is 7.50. The second-order valence-corrected chi connectivity index (χ2v) is 6.38. The Bertz CT molecular complexity index is 538. The quantitative estimate of drug-likeness (QED) is 0.700. The van der Waals surface area contributed by atoms with Crippen molar-refractivity contribution in [3.05, 3.63) is 24.4 Å². The molecule has 0 bridgehead atoms. The standard InChI is InChI=1S/C16H24N4O3/c1-16(2,3)10-14(22)19-11-15(23)18-9-7-13(21)20-12-6-4-5-8-17-12/h4-6,8H,7,9-11H2,1-3H3,(H,18,23)(H,19,22)(H,17,20,21). The van der Waals surface area contributed by atoms with Crippen LogP contribution in [0.15, 0.2) is 24.4 Å². The summed E-state index contributed by atoms with van der Waals surface area (Å²) in [7, 11) is 0. The van der Waals surface area contributed by atoms with Gasteiger partial charge in [-0.2, -0.15) is 0 Å². The normalized spacial score (nSPS) is 10.7. The maximum atomic E-state index is 11.6. The van der Waals surface area contributed by atoms with Crippen molar-refractivity contribution in [3.63, 3.8) is 0 Å². The first kappa shape index (κ1) is 18.6. The minimum Gasteiger partial charge on any atom is -0.354 e. The second kappa shape index (κ2) is 8.87. The predicted molar refractivity (Wildman–Crippen MR) is 87.6 cm³/mol. The van der Waals surface area contributed by atoms with Crippen LogP contribution in [0.2, 0.25) is 0 Å². The summed E-state index contributed by atoms with van der Waals surface area (Å²) in [5.41, 5.74) is -0.121. The molecule has 0 saturated carbocycles. The van der Waals surface area contributed by atoms with Crippen molar-refractivity contribution in [2.45, 2.75) is 33.6 Å². The van der Waals surface area contributed by atoms with E-state index in [0.717, 1.165) is 0 Å². The highest BCUT2D eigenvalue weighted by Gasteiger charge is 2.16. The lowest BCUT2D eigenvalue weighted by atomic mass is 9.92. The highest BCUT2D eigenvalue weighted by Crippen LogP contribution is 2.17. The number of amides is 3. The van der Waals surface area contributed by atoms with Crippen molar-refractivity contribution in [2.24, 2.45) is 5.41 Å². The molecule has 0 aliphatic carbocycles. The number of anilines is 1. The van der Waals surface area contributed by atoms with Crippen LogP contribution >= 0.6 is 0 Å². The first-order chi connectivity index (χ1) is 10.8. The fraction of sp³-hybridized carbons (Fsp3) is 0.500. The summed E-state index contributed by atoms with van der Waals surface area (Å²) in [6.07, 6.45) is 2.07. The van der Waals surface area contributed by atoms with E-state index >= 15 is 0 Å². The fourth-order valence-electron chi connectivity index (χ4n) is 1.74. The molecule has 0 saturated heterocycles. The van der Waals surface area contributed by atoms with Crippen molar-refractivity contribution in [3.8, 4) is 0 Å². The van der Waals surface area contributed by atoms with Crippen molar-refractivity contribution >= 4 is 23.5 Å². The van der Waals surface area contributed by atoms with E-state index in [1.165, 1.54) is 0 Å². The van der Waals surface area contributed by atoms with E-state index in [-0.39, 0.29) is 42.6 Å². The minimum atomic E-state index is -0.321. The van der Waals surface area contributed by atoms with Gasteiger partial charge in [-0.15, -0.1) is 0 Å². The van der Waals surface area contributed by atoms with Gasteiger partial charge in [0.05, 0.1) is 6.54 Å². The molecule has 1 aromatic rings. The Labute approximate surface area is 136 Å². The SMILES string of the molecule is CC(C)(C)CC(=O)NCC(=O)NCCC(=O)Nc1ccccn1. The number of nitrogens with one attached hydrogen (secondary N) is 3. The van der Waals surface area contributed by atoms with E-state index in [1.54, 1.807) is 24.4 Å². The molecule has 1 rings (SSSR count). The van der Waals surface area contributed by atoms with Crippen molar-refractivity contribution in [1.82, 2.24) is 15.6 Å². The molecule has 0 aromatic carbocycles. The number of hydrogen-bond acceptors (Lipinski definition) is 4. The van der Waals surface area contributed by atoms with Gasteiger partial charge in [-0.05, 0) is 17.5 Å². The van der Waals surface area contributed by atoms with Crippen LogP contribution in [0.3, 0.4) is 0 Å². The monoisotopic (exact) mass is 320 g/mol. The van der Waals surface area contributed by atoms with E-state index in [9.17, 15) is 14.4 Å². The summed E-state index contributed by atoms with van der Waals surface area (Å²) in [5.74, 6) is -0.252. The second-order valence-electron chi connectivity index (χ2n) is 6.38. The third kappa shape index (κ3) is 9.23. The smallest absolute Gasteiger partial charge is 0.239 e. The summed E-state index contributed by atoms with van der Waals surface area (Å²) in [4.78, 5) is 38.8. The van der Waals surface area contributed by atoms with Crippen molar-refractivity contribution < 1.29 is 14.4 Å². The molecule has 0 unspecified atom stereocenters. The van der Waals surface area contributed by atoms with E-state index < -0.39 is 0 Å². The Kier molecular flexibility index (Phi) is 7.18. The zero-order chi connectivity index (χ0) is 17.3. The Morgan fingerprint density at radius 3 is 2.39 bits per heavy atom. The van der Waals surface area contributed by atoms with Crippen LogP contribution < -0.4 is 16.0 Å². The Morgan fingerprint density at radius 1 is 1.04 bits per heavy atom. The van der Waals surface area contributed by atoms with Gasteiger partial charge in [0.2, 0.25) is 17.7 Å². The van der Waals surface area contributed by atoms with Crippen LogP contribution in [0.25, 0.3) is 0 Å². The molecule has 7 nitrogen and oxygen atoms in total. The largest absolute Gasteiger partial charge is 0.354 e. The van der Waals surface area contributed by atoms with E-state index in [1.807, 2.05) is 20.8 Å². The molecule has 3 N–H and O–H groups in total. The molecule has 1 heterocycles. The molecule has 1 aromatic heterocycles. The van der Waals surface area contributed by atoms with Crippen molar-refractivity contribution in [1.29, 1.82) is 0 Å². The number of carbonyl (C=O) groups is 3. The molecule has 0 atom stereocenters. The van der Waals surface area contributed by atoms with Crippen molar-refractivity contribution in [2.75, 3.05) is 18.4 Å². The number of carbonyl (C=O) groups excluding carboxylic acids is 3. The summed E-state index contributed by atoms with van der Waals surface area (Å²) in [6, 6.07) is 5.20. The highest BCUT2D eigenvalue weighted by molar-refractivity contribution is 5.90. The molecule has 126 valence electrons. The van der Waals surface area contributed by atoms with Gasteiger partial charge in [-0.3, -0.25) is 14.4 Å². The summed E-state index contributed by atoms with van der Waals surface area (Å²) in [5, 5.41) is 7.76. The van der Waals surface area contributed by atoms with Crippen LogP contribution in [-0.4, -0.2) is 35.8 Å². The summed E-state index contributed by atoms with van der Waals surface area (Å²) < 4.78 is 0. The number of rotatable bonds is 7. The zero-order valence-electron chi connectivity index (χ0n) is 13.8. The van der Waals surface area contributed by atoms with Crippen LogP contribution in [0.4, 0.5) is 5.82 Å². The van der Waals surface area contributed by atoms with Gasteiger partial charge in [-0.1, -0.05) is 26.8 Å². The van der Waals surface area contributed by atoms with Crippen LogP contribution in [0, 0.1) is 5.41 Å². The lowest BCUT2D eigenvalue weighted by molar-refractivity contribution is -0.127. The zero-order valence-corrected chi connectivity index (χ0v) is 13.8. The molecular formula is C16H24N4O3. The third-order valence-corrected chi connectivity index (χ3v) is 2.74. The Hall–Kier alpha value is -2.44. The molecular weight excluding hydrogens is 296 g/mol. The molecule has 0 spiro atoms. The molecule has 23 heavy (non-hydrogen) atoms. The molecule has 0 aliphatic heterocycles. The number of hydrogen-bond donors (Lipinski definition) is 3. The van der Waals surface area contributed by atoms with Crippen LogP contribution in [-0.2, 0) is 14.4 Å². The van der Waals surface area contributed by atoms with E-state index in [0.29, 0.717) is 12.2 Å². The molecule has 0 radical (unpaired) electrons. The van der Waals surface area contributed by atoms with Gasteiger partial charge in [0.25, 0.3) is 0 Å². The fourth-order valence-corrected chi connectivity index (χ4v) is 1.74. The topological polar surface area (TPSA) is 100 Å². The predicted octanol–water partition coefficient (Wildman–Crippen LogP) is 1.08. The molecule has 3 amide bonds. The highest BCUT2D eigenvalue weighted by atomic mass is 16.2. The summed E-state index contributed by atoms with van der Waals surface area (Å²) >= 11 is 0. The number of aromatic nitrogens is 1. The lowest BCUT2D eigenvalue weighted by Gasteiger charge is -2.17. The molecule has 0 fully saturated rings. The minimum absolute atomic E-state index is 0.0865. The van der Waals surface area contributed by atoms with Gasteiger partial charge in [0, 0.05) is 25.6 Å². The summed E-state index contributed by atoms with van der Waals surface area (Å²) in [6.45, 7) is 5.97. The van der Waals surface area contributed by atoms with E-state index in [2.05, 4.69) is 20.9 Å². The number of nitrogens with zero attached hydrogens (tertiary/aromatic N) is 1. The van der Waals surface area contributed by atoms with Gasteiger partial charge in [0.15, 0.2) is 0 Å². The maximum absolute atomic E-state index is 11.6. The van der Waals surface area contributed by atoms with Crippen LogP contribution in [0.5, 0.6) is 0 Å². The van der Waals surface area contributed by atoms with Gasteiger partial charge in [-0.25, -0.2) is 4.98 Å². The average Bonchev–Trinajstić information content (AvgIpc) is 2.44. The number of pyridine rings is 1. The van der Waals surface area contributed by atoms with Crippen LogP contribution in [0.1, 0.15) is 33.6 Å². The Balaban J connectivity index is 2.16. The lowest BCUT2D eigenvalue weighted by Crippen LogP contribution is -2.39. The Morgan fingerprint density at radius 2 is 1.78 bits per heavy atom. The maximum Gasteiger partial charge on any atom is 0.239 e. The first-order valence-electron chi connectivity index (χ1n) is 7.50. The average molecular weight is 320 g/mol. The molecule has 7 heteroatoms. The van der Waals surface area contributed by atoms with E-state index in [4.69, 9.17) is 0 Å².